The molecule has 4 aromatic rings. The third-order valence-electron chi connectivity index (χ3n) is 5.49. The Kier molecular flexibility index (Phi) is 5.57. The number of aryl methyl sites for hydroxylation is 1. The summed E-state index contributed by atoms with van der Waals surface area (Å²) in [6, 6.07) is 3.41. The summed E-state index contributed by atoms with van der Waals surface area (Å²) < 4.78 is 54.0. The Labute approximate surface area is 190 Å². The van der Waals surface area contributed by atoms with Crippen molar-refractivity contribution in [2.45, 2.75) is 43.7 Å². The Hall–Kier alpha value is -2.99. The van der Waals surface area contributed by atoms with Crippen LogP contribution in [0.5, 0.6) is 0 Å². The van der Waals surface area contributed by atoms with Crippen LogP contribution in [0.25, 0.3) is 33.7 Å². The Morgan fingerprint density at radius 3 is 2.67 bits per heavy atom. The first-order chi connectivity index (χ1) is 15.9. The van der Waals surface area contributed by atoms with Gasteiger partial charge in [0.15, 0.2) is 17.0 Å². The number of nitrogens with zero attached hydrogens (tertiary/aromatic N) is 6. The molecule has 8 nitrogen and oxygen atoms in total. The second-order valence-corrected chi connectivity index (χ2v) is 8.39. The lowest BCUT2D eigenvalue weighted by Gasteiger charge is -2.23. The lowest BCUT2D eigenvalue weighted by Crippen LogP contribution is -2.19. The van der Waals surface area contributed by atoms with Crippen molar-refractivity contribution < 1.29 is 22.4 Å². The van der Waals surface area contributed by atoms with Crippen LogP contribution in [-0.4, -0.2) is 42.8 Å². The minimum atomic E-state index is -4.64. The monoisotopic (exact) mass is 476 g/mol. The van der Waals surface area contributed by atoms with Crippen molar-refractivity contribution in [3.63, 3.8) is 0 Å². The van der Waals surface area contributed by atoms with Gasteiger partial charge in [-0.3, -0.25) is 0 Å². The minimum Gasteiger partial charge on any atom is -0.364 e. The first-order valence-corrected chi connectivity index (χ1v) is 11.5. The highest BCUT2D eigenvalue weighted by Crippen LogP contribution is 2.39. The van der Waals surface area contributed by atoms with Gasteiger partial charge in [-0.05, 0) is 44.6 Å². The molecule has 0 aromatic carbocycles. The van der Waals surface area contributed by atoms with Crippen molar-refractivity contribution in [2.24, 2.45) is 0 Å². The smallest absolute Gasteiger partial charge is 0.364 e. The summed E-state index contributed by atoms with van der Waals surface area (Å²) in [7, 11) is 0. The second kappa shape index (κ2) is 8.41. The van der Waals surface area contributed by atoms with E-state index in [2.05, 4.69) is 20.2 Å². The SMILES string of the molecule is CSc1ncc(C(F)(F)F)c(-c2nn(C3CCCCO3)c3nc(-c4conc4C)ccc23)n1. The normalized spacial score (nSPS) is 17.1. The number of pyridine rings is 1. The van der Waals surface area contributed by atoms with Crippen LogP contribution in [0.2, 0.25) is 0 Å². The molecule has 0 amide bonds. The molecule has 1 aliphatic heterocycles. The third-order valence-corrected chi connectivity index (χ3v) is 6.05. The predicted molar refractivity (Wildman–Crippen MR) is 114 cm³/mol. The Balaban J connectivity index is 1.76. The standard InChI is InChI=1S/C21H19F3N6O2S/c1-11-13(10-32-29-11)15-7-6-12-17(18-14(21(22,23)24)9-25-20(27-18)33-2)28-30(19(12)26-15)16-5-3-4-8-31-16/h6-7,9-10,16H,3-5,8H2,1-2H3. The van der Waals surface area contributed by atoms with Crippen LogP contribution in [0.1, 0.15) is 36.7 Å². The average molecular weight is 476 g/mol. The van der Waals surface area contributed by atoms with Crippen molar-refractivity contribution in [3.8, 4) is 22.6 Å². The lowest BCUT2D eigenvalue weighted by molar-refractivity contribution is -0.137. The van der Waals surface area contributed by atoms with E-state index in [4.69, 9.17) is 14.2 Å². The van der Waals surface area contributed by atoms with Crippen LogP contribution in [0.15, 0.2) is 34.3 Å². The Bertz CT molecular complexity index is 1310. The van der Waals surface area contributed by atoms with E-state index in [1.54, 1.807) is 30.0 Å². The Morgan fingerprint density at radius 2 is 2.00 bits per heavy atom. The molecule has 5 heterocycles. The number of halogens is 3. The first kappa shape index (κ1) is 21.8. The summed E-state index contributed by atoms with van der Waals surface area (Å²) in [4.78, 5) is 12.7. The molecule has 4 aromatic heterocycles. The van der Waals surface area contributed by atoms with Crippen LogP contribution < -0.4 is 0 Å². The van der Waals surface area contributed by atoms with Gasteiger partial charge in [0.1, 0.15) is 23.2 Å². The summed E-state index contributed by atoms with van der Waals surface area (Å²) in [6.07, 6.45) is 1.44. The maximum atomic E-state index is 13.8. The molecule has 0 radical (unpaired) electrons. The minimum absolute atomic E-state index is 0.0882. The molecule has 1 fully saturated rings. The van der Waals surface area contributed by atoms with E-state index >= 15 is 0 Å². The van der Waals surface area contributed by atoms with Gasteiger partial charge >= 0.3 is 6.18 Å². The number of hydrogen-bond donors (Lipinski definition) is 0. The van der Waals surface area contributed by atoms with Gasteiger partial charge in [0.05, 0.1) is 17.0 Å². The molecule has 33 heavy (non-hydrogen) atoms. The summed E-state index contributed by atoms with van der Waals surface area (Å²) in [5.74, 6) is 0. The molecule has 12 heteroatoms. The molecule has 5 rings (SSSR count). The predicted octanol–water partition coefficient (Wildman–Crippen LogP) is 5.29. The van der Waals surface area contributed by atoms with E-state index < -0.39 is 18.0 Å². The highest BCUT2D eigenvalue weighted by molar-refractivity contribution is 7.98. The number of thioether (sulfide) groups is 1. The average Bonchev–Trinajstić information content (AvgIpc) is 3.41. The molecule has 1 saturated heterocycles. The van der Waals surface area contributed by atoms with E-state index in [9.17, 15) is 13.2 Å². The zero-order valence-electron chi connectivity index (χ0n) is 17.8. The van der Waals surface area contributed by atoms with Gasteiger partial charge in [0, 0.05) is 18.2 Å². The van der Waals surface area contributed by atoms with Crippen molar-refractivity contribution in [3.05, 3.63) is 35.9 Å². The molecular weight excluding hydrogens is 457 g/mol. The number of ether oxygens (including phenoxy) is 1. The summed E-state index contributed by atoms with van der Waals surface area (Å²) in [6.45, 7) is 2.34. The maximum Gasteiger partial charge on any atom is 0.420 e. The first-order valence-electron chi connectivity index (χ1n) is 10.3. The maximum absolute atomic E-state index is 13.8. The van der Waals surface area contributed by atoms with E-state index in [1.165, 1.54) is 6.26 Å². The summed E-state index contributed by atoms with van der Waals surface area (Å²) in [5, 5.41) is 9.12. The fourth-order valence-corrected chi connectivity index (χ4v) is 4.19. The van der Waals surface area contributed by atoms with Gasteiger partial charge in [-0.25, -0.2) is 19.6 Å². The van der Waals surface area contributed by atoms with Gasteiger partial charge < -0.3 is 9.26 Å². The molecule has 0 N–H and O–H groups in total. The number of rotatable bonds is 4. The van der Waals surface area contributed by atoms with E-state index in [0.717, 1.165) is 30.8 Å². The van der Waals surface area contributed by atoms with Crippen LogP contribution in [-0.2, 0) is 10.9 Å². The van der Waals surface area contributed by atoms with Crippen molar-refractivity contribution in [1.82, 2.24) is 29.9 Å². The van der Waals surface area contributed by atoms with Gasteiger partial charge in [-0.1, -0.05) is 16.9 Å². The zero-order chi connectivity index (χ0) is 23.2. The molecule has 172 valence electrons. The highest BCUT2D eigenvalue weighted by Gasteiger charge is 2.37. The van der Waals surface area contributed by atoms with Crippen LogP contribution in [0, 0.1) is 6.92 Å². The molecule has 0 bridgehead atoms. The third kappa shape index (κ3) is 3.97. The van der Waals surface area contributed by atoms with E-state index in [-0.39, 0.29) is 16.5 Å². The van der Waals surface area contributed by atoms with E-state index in [0.29, 0.717) is 41.0 Å². The molecule has 0 spiro atoms. The van der Waals surface area contributed by atoms with Crippen molar-refractivity contribution in [2.75, 3.05) is 12.9 Å². The quantitative estimate of drug-likeness (QED) is 0.290. The molecular formula is C21H19F3N6O2S. The van der Waals surface area contributed by atoms with Gasteiger partial charge in [-0.15, -0.1) is 0 Å². The van der Waals surface area contributed by atoms with Crippen molar-refractivity contribution >= 4 is 22.8 Å². The topological polar surface area (TPSA) is 91.8 Å². The highest BCUT2D eigenvalue weighted by atomic mass is 32.2. The second-order valence-electron chi connectivity index (χ2n) is 7.61. The fourth-order valence-electron chi connectivity index (χ4n) is 3.85. The van der Waals surface area contributed by atoms with Gasteiger partial charge in [0.25, 0.3) is 0 Å². The number of hydrogen-bond acceptors (Lipinski definition) is 8. The number of aromatic nitrogens is 6. The molecule has 0 aliphatic carbocycles. The number of fused-ring (bicyclic) bond motifs is 1. The van der Waals surface area contributed by atoms with Crippen LogP contribution >= 0.6 is 11.8 Å². The molecule has 1 atom stereocenters. The van der Waals surface area contributed by atoms with Gasteiger partial charge in [-0.2, -0.15) is 18.3 Å². The largest absolute Gasteiger partial charge is 0.420 e. The van der Waals surface area contributed by atoms with Crippen molar-refractivity contribution in [1.29, 1.82) is 0 Å². The van der Waals surface area contributed by atoms with Crippen LogP contribution in [0.4, 0.5) is 13.2 Å². The number of alkyl halides is 3. The summed E-state index contributed by atoms with van der Waals surface area (Å²) in [5.41, 5.74) is 1.19. The van der Waals surface area contributed by atoms with E-state index in [1.807, 2.05) is 0 Å². The Morgan fingerprint density at radius 1 is 1.15 bits per heavy atom. The zero-order valence-corrected chi connectivity index (χ0v) is 18.6. The fraction of sp³-hybridized carbons (Fsp3) is 0.381. The molecule has 1 unspecified atom stereocenters. The van der Waals surface area contributed by atoms with Crippen LogP contribution in [0.3, 0.4) is 0 Å². The van der Waals surface area contributed by atoms with Gasteiger partial charge in [0.2, 0.25) is 0 Å². The molecule has 1 aliphatic rings. The molecule has 0 saturated carbocycles. The summed E-state index contributed by atoms with van der Waals surface area (Å²) >= 11 is 1.16. The lowest BCUT2D eigenvalue weighted by atomic mass is 10.1.